The van der Waals surface area contributed by atoms with Gasteiger partial charge in [-0.1, -0.05) is 12.1 Å². The Labute approximate surface area is 128 Å². The summed E-state index contributed by atoms with van der Waals surface area (Å²) in [4.78, 5) is 22.6. The van der Waals surface area contributed by atoms with E-state index in [1.54, 1.807) is 28.9 Å². The van der Waals surface area contributed by atoms with Crippen molar-refractivity contribution >= 4 is 11.9 Å². The molecule has 0 radical (unpaired) electrons. The molecular formula is C16H19N3O3. The Kier molecular flexibility index (Phi) is 4.93. The highest BCUT2D eigenvalue weighted by Crippen LogP contribution is 2.05. The summed E-state index contributed by atoms with van der Waals surface area (Å²) in [5, 5.41) is 15.9. The summed E-state index contributed by atoms with van der Waals surface area (Å²) in [5.41, 5.74) is 3.09. The average Bonchev–Trinajstić information content (AvgIpc) is 2.77. The minimum atomic E-state index is -0.940. The van der Waals surface area contributed by atoms with Crippen molar-refractivity contribution in [2.45, 2.75) is 26.8 Å². The number of carbonyl (C=O) groups is 2. The first-order valence-corrected chi connectivity index (χ1v) is 7.05. The third kappa shape index (κ3) is 4.18. The second-order valence-electron chi connectivity index (χ2n) is 5.19. The van der Waals surface area contributed by atoms with Crippen molar-refractivity contribution in [3.05, 3.63) is 52.8 Å². The van der Waals surface area contributed by atoms with Crippen molar-refractivity contribution in [1.29, 1.82) is 0 Å². The van der Waals surface area contributed by atoms with Crippen molar-refractivity contribution in [1.82, 2.24) is 15.1 Å². The van der Waals surface area contributed by atoms with Crippen molar-refractivity contribution < 1.29 is 14.7 Å². The van der Waals surface area contributed by atoms with E-state index in [4.69, 9.17) is 5.11 Å². The van der Waals surface area contributed by atoms with Crippen LogP contribution in [-0.4, -0.2) is 33.3 Å². The van der Waals surface area contributed by atoms with Crippen LogP contribution in [0.2, 0.25) is 0 Å². The van der Waals surface area contributed by atoms with Gasteiger partial charge in [-0.25, -0.2) is 4.79 Å². The number of aromatic nitrogens is 2. The minimum absolute atomic E-state index is 0.0895. The van der Waals surface area contributed by atoms with Gasteiger partial charge in [0.2, 0.25) is 5.91 Å². The van der Waals surface area contributed by atoms with Gasteiger partial charge in [0, 0.05) is 12.2 Å². The molecule has 1 amide bonds. The number of carboxylic acid groups (broad SMARTS) is 1. The quantitative estimate of drug-likeness (QED) is 0.848. The average molecular weight is 301 g/mol. The molecule has 116 valence electrons. The summed E-state index contributed by atoms with van der Waals surface area (Å²) in [7, 11) is 0. The highest BCUT2D eigenvalue weighted by Gasteiger charge is 2.07. The molecule has 1 aromatic carbocycles. The molecule has 0 atom stereocenters. The smallest absolute Gasteiger partial charge is 0.335 e. The third-order valence-corrected chi connectivity index (χ3v) is 3.33. The lowest BCUT2D eigenvalue weighted by Gasteiger charge is -2.07. The molecule has 2 aromatic rings. The monoisotopic (exact) mass is 301 g/mol. The van der Waals surface area contributed by atoms with Gasteiger partial charge in [-0.15, -0.1) is 0 Å². The second-order valence-corrected chi connectivity index (χ2v) is 5.19. The minimum Gasteiger partial charge on any atom is -0.478 e. The van der Waals surface area contributed by atoms with Crippen LogP contribution in [0.15, 0.2) is 30.3 Å². The first-order valence-electron chi connectivity index (χ1n) is 7.05. The fourth-order valence-electron chi connectivity index (χ4n) is 2.19. The lowest BCUT2D eigenvalue weighted by atomic mass is 10.1. The van der Waals surface area contributed by atoms with Crippen LogP contribution in [0.3, 0.4) is 0 Å². The molecule has 0 fully saturated rings. The molecule has 0 aliphatic rings. The summed E-state index contributed by atoms with van der Waals surface area (Å²) in [5.74, 6) is -1.03. The number of carboxylic acids is 1. The molecule has 1 heterocycles. The summed E-state index contributed by atoms with van der Waals surface area (Å²) >= 11 is 0. The van der Waals surface area contributed by atoms with E-state index in [-0.39, 0.29) is 18.0 Å². The maximum atomic E-state index is 11.9. The molecule has 2 N–H and O–H groups in total. The van der Waals surface area contributed by atoms with Crippen molar-refractivity contribution in [3.63, 3.8) is 0 Å². The standard InChI is InChI=1S/C16H19N3O3/c1-11-9-12(2)19(18-11)10-15(20)17-8-7-13-3-5-14(6-4-13)16(21)22/h3-6,9H,7-8,10H2,1-2H3,(H,17,20)(H,21,22). The predicted octanol–water partition coefficient (Wildman–Crippen LogP) is 1.56. The number of hydrogen-bond donors (Lipinski definition) is 2. The van der Waals surface area contributed by atoms with E-state index in [2.05, 4.69) is 10.4 Å². The fourth-order valence-corrected chi connectivity index (χ4v) is 2.19. The van der Waals surface area contributed by atoms with E-state index in [0.717, 1.165) is 17.0 Å². The normalized spacial score (nSPS) is 10.5. The fraction of sp³-hybridized carbons (Fsp3) is 0.312. The van der Waals surface area contributed by atoms with Gasteiger partial charge in [-0.05, 0) is 44.0 Å². The number of aryl methyl sites for hydroxylation is 2. The summed E-state index contributed by atoms with van der Waals surface area (Å²) in [6.45, 7) is 4.52. The van der Waals surface area contributed by atoms with Gasteiger partial charge in [0.25, 0.3) is 0 Å². The molecule has 6 heteroatoms. The molecule has 0 aliphatic carbocycles. The van der Waals surface area contributed by atoms with E-state index < -0.39 is 5.97 Å². The van der Waals surface area contributed by atoms with Crippen LogP contribution in [0.25, 0.3) is 0 Å². The maximum Gasteiger partial charge on any atom is 0.335 e. The van der Waals surface area contributed by atoms with Crippen LogP contribution in [0, 0.1) is 13.8 Å². The summed E-state index contributed by atoms with van der Waals surface area (Å²) < 4.78 is 1.67. The molecule has 22 heavy (non-hydrogen) atoms. The molecule has 6 nitrogen and oxygen atoms in total. The van der Waals surface area contributed by atoms with E-state index in [1.165, 1.54) is 0 Å². The molecular weight excluding hydrogens is 282 g/mol. The topological polar surface area (TPSA) is 84.2 Å². The molecule has 0 unspecified atom stereocenters. The zero-order chi connectivity index (χ0) is 16.1. The Morgan fingerprint density at radius 3 is 2.45 bits per heavy atom. The highest BCUT2D eigenvalue weighted by molar-refractivity contribution is 5.87. The molecule has 0 spiro atoms. The lowest BCUT2D eigenvalue weighted by molar-refractivity contribution is -0.121. The Morgan fingerprint density at radius 1 is 1.23 bits per heavy atom. The van der Waals surface area contributed by atoms with Gasteiger partial charge in [0.15, 0.2) is 0 Å². The number of rotatable bonds is 6. The Hall–Kier alpha value is -2.63. The zero-order valence-electron chi connectivity index (χ0n) is 12.7. The van der Waals surface area contributed by atoms with E-state index in [0.29, 0.717) is 13.0 Å². The van der Waals surface area contributed by atoms with Crippen LogP contribution in [-0.2, 0) is 17.8 Å². The lowest BCUT2D eigenvalue weighted by Crippen LogP contribution is -2.30. The Morgan fingerprint density at radius 2 is 1.91 bits per heavy atom. The molecule has 0 saturated heterocycles. The number of nitrogens with one attached hydrogen (secondary N) is 1. The number of amides is 1. The van der Waals surface area contributed by atoms with Gasteiger partial charge in [0.1, 0.15) is 6.54 Å². The summed E-state index contributed by atoms with van der Waals surface area (Å²) in [6, 6.07) is 8.58. The molecule has 2 rings (SSSR count). The van der Waals surface area contributed by atoms with Crippen molar-refractivity contribution in [2.75, 3.05) is 6.54 Å². The largest absolute Gasteiger partial charge is 0.478 e. The van der Waals surface area contributed by atoms with Crippen molar-refractivity contribution in [3.8, 4) is 0 Å². The van der Waals surface area contributed by atoms with Crippen LogP contribution in [0.1, 0.15) is 27.3 Å². The number of aromatic carboxylic acids is 1. The van der Waals surface area contributed by atoms with Crippen LogP contribution in [0.5, 0.6) is 0 Å². The van der Waals surface area contributed by atoms with Gasteiger partial charge < -0.3 is 10.4 Å². The molecule has 1 aromatic heterocycles. The third-order valence-electron chi connectivity index (χ3n) is 3.33. The van der Waals surface area contributed by atoms with E-state index in [9.17, 15) is 9.59 Å². The Balaban J connectivity index is 1.79. The van der Waals surface area contributed by atoms with Gasteiger partial charge in [0.05, 0.1) is 11.3 Å². The number of nitrogens with zero attached hydrogens (tertiary/aromatic N) is 2. The number of carbonyl (C=O) groups excluding carboxylic acids is 1. The van der Waals surface area contributed by atoms with Gasteiger partial charge >= 0.3 is 5.97 Å². The number of benzene rings is 1. The Bertz CT molecular complexity index is 674. The second kappa shape index (κ2) is 6.89. The predicted molar refractivity (Wildman–Crippen MR) is 81.8 cm³/mol. The molecule has 0 bridgehead atoms. The maximum absolute atomic E-state index is 11.9. The van der Waals surface area contributed by atoms with Crippen LogP contribution >= 0.6 is 0 Å². The SMILES string of the molecule is Cc1cc(C)n(CC(=O)NCCc2ccc(C(=O)O)cc2)n1. The summed E-state index contributed by atoms with van der Waals surface area (Å²) in [6.07, 6.45) is 0.656. The van der Waals surface area contributed by atoms with Gasteiger partial charge in [-0.3, -0.25) is 9.48 Å². The zero-order valence-corrected chi connectivity index (χ0v) is 12.7. The molecule has 0 saturated carbocycles. The first-order chi connectivity index (χ1) is 10.5. The molecule has 0 aliphatic heterocycles. The van der Waals surface area contributed by atoms with Gasteiger partial charge in [-0.2, -0.15) is 5.10 Å². The van der Waals surface area contributed by atoms with Crippen LogP contribution in [0.4, 0.5) is 0 Å². The highest BCUT2D eigenvalue weighted by atomic mass is 16.4. The van der Waals surface area contributed by atoms with Crippen LogP contribution < -0.4 is 5.32 Å². The first kappa shape index (κ1) is 15.8. The van der Waals surface area contributed by atoms with Crippen molar-refractivity contribution in [2.24, 2.45) is 0 Å². The van der Waals surface area contributed by atoms with E-state index >= 15 is 0 Å². The van der Waals surface area contributed by atoms with E-state index in [1.807, 2.05) is 19.9 Å². The number of hydrogen-bond acceptors (Lipinski definition) is 3.